The summed E-state index contributed by atoms with van der Waals surface area (Å²) in [6.45, 7) is 9.69. The lowest BCUT2D eigenvalue weighted by atomic mass is 10.1. The van der Waals surface area contributed by atoms with Crippen LogP contribution in [0.2, 0.25) is 0 Å². The van der Waals surface area contributed by atoms with Crippen LogP contribution in [-0.2, 0) is 4.74 Å². The molecule has 0 aliphatic carbocycles. The van der Waals surface area contributed by atoms with Gasteiger partial charge < -0.3 is 10.1 Å². The van der Waals surface area contributed by atoms with E-state index in [1.165, 1.54) is 0 Å². The van der Waals surface area contributed by atoms with Crippen LogP contribution in [0.4, 0.5) is 5.69 Å². The van der Waals surface area contributed by atoms with Crippen LogP contribution in [0.25, 0.3) is 0 Å². The van der Waals surface area contributed by atoms with Gasteiger partial charge in [0.15, 0.2) is 0 Å². The molecule has 0 bridgehead atoms. The summed E-state index contributed by atoms with van der Waals surface area (Å²) in [7, 11) is 0. The maximum Gasteiger partial charge on any atom is 0.338 e. The molecular weight excluding hydrogens is 226 g/mol. The second-order valence-corrected chi connectivity index (χ2v) is 5.35. The fourth-order valence-electron chi connectivity index (χ4n) is 1.40. The van der Waals surface area contributed by atoms with Crippen LogP contribution in [0.15, 0.2) is 24.3 Å². The van der Waals surface area contributed by atoms with Crippen LogP contribution in [0.5, 0.6) is 0 Å². The molecule has 1 rings (SSSR count). The maximum atomic E-state index is 11.8. The molecule has 3 heteroatoms. The van der Waals surface area contributed by atoms with Crippen molar-refractivity contribution in [3.8, 4) is 0 Å². The van der Waals surface area contributed by atoms with Crippen LogP contribution >= 0.6 is 0 Å². The van der Waals surface area contributed by atoms with Gasteiger partial charge in [0.2, 0.25) is 0 Å². The fraction of sp³-hybridized carbons (Fsp3) is 0.533. The van der Waals surface area contributed by atoms with Crippen molar-refractivity contribution in [3.05, 3.63) is 29.8 Å². The van der Waals surface area contributed by atoms with Gasteiger partial charge in [-0.05, 0) is 30.0 Å². The third-order valence-electron chi connectivity index (χ3n) is 2.36. The highest BCUT2D eigenvalue weighted by atomic mass is 16.5. The van der Waals surface area contributed by atoms with Gasteiger partial charge in [-0.2, -0.15) is 0 Å². The van der Waals surface area contributed by atoms with Crippen molar-refractivity contribution < 1.29 is 9.53 Å². The smallest absolute Gasteiger partial charge is 0.338 e. The Morgan fingerprint density at radius 2 is 1.94 bits per heavy atom. The van der Waals surface area contributed by atoms with Crippen molar-refractivity contribution >= 4 is 11.7 Å². The molecule has 1 aromatic rings. The van der Waals surface area contributed by atoms with E-state index in [2.05, 4.69) is 19.2 Å². The number of carbonyl (C=O) groups is 1. The van der Waals surface area contributed by atoms with Crippen molar-refractivity contribution in [1.29, 1.82) is 0 Å². The third-order valence-corrected chi connectivity index (χ3v) is 2.36. The van der Waals surface area contributed by atoms with E-state index in [1.54, 1.807) is 6.07 Å². The summed E-state index contributed by atoms with van der Waals surface area (Å²) in [4.78, 5) is 11.8. The lowest BCUT2D eigenvalue weighted by Gasteiger charge is -2.11. The van der Waals surface area contributed by atoms with Crippen LogP contribution in [0.1, 0.15) is 38.1 Å². The summed E-state index contributed by atoms with van der Waals surface area (Å²) in [6.07, 6.45) is 0. The predicted molar refractivity (Wildman–Crippen MR) is 74.9 cm³/mol. The molecule has 0 aliphatic rings. The molecule has 0 spiro atoms. The number of hydrogen-bond acceptors (Lipinski definition) is 3. The minimum Gasteiger partial charge on any atom is -0.462 e. The van der Waals surface area contributed by atoms with Gasteiger partial charge in [-0.1, -0.05) is 33.8 Å². The molecule has 0 aromatic heterocycles. The lowest BCUT2D eigenvalue weighted by molar-refractivity contribution is 0.0459. The Morgan fingerprint density at radius 1 is 1.22 bits per heavy atom. The average Bonchev–Trinajstić information content (AvgIpc) is 2.33. The molecule has 0 aliphatic heterocycles. The molecule has 1 N–H and O–H groups in total. The van der Waals surface area contributed by atoms with Crippen molar-refractivity contribution in [2.45, 2.75) is 27.7 Å². The minimum absolute atomic E-state index is 0.253. The Labute approximate surface area is 110 Å². The van der Waals surface area contributed by atoms with Gasteiger partial charge in [0, 0.05) is 12.2 Å². The predicted octanol–water partition coefficient (Wildman–Crippen LogP) is 3.57. The summed E-state index contributed by atoms with van der Waals surface area (Å²) < 4.78 is 5.20. The quantitative estimate of drug-likeness (QED) is 0.783. The molecule has 0 saturated heterocycles. The van der Waals surface area contributed by atoms with E-state index >= 15 is 0 Å². The number of benzene rings is 1. The number of nitrogens with one attached hydrogen (secondary N) is 1. The number of hydrogen-bond donors (Lipinski definition) is 1. The van der Waals surface area contributed by atoms with E-state index < -0.39 is 0 Å². The molecule has 0 saturated carbocycles. The van der Waals surface area contributed by atoms with E-state index in [-0.39, 0.29) is 5.97 Å². The van der Waals surface area contributed by atoms with E-state index in [0.29, 0.717) is 24.0 Å². The summed E-state index contributed by atoms with van der Waals surface area (Å²) in [5.41, 5.74) is 1.56. The number of esters is 1. The first-order valence-electron chi connectivity index (χ1n) is 6.50. The van der Waals surface area contributed by atoms with Crippen LogP contribution in [0.3, 0.4) is 0 Å². The van der Waals surface area contributed by atoms with Crippen LogP contribution in [-0.4, -0.2) is 19.1 Å². The third kappa shape index (κ3) is 5.21. The van der Waals surface area contributed by atoms with Gasteiger partial charge in [-0.25, -0.2) is 4.79 Å². The molecule has 0 amide bonds. The Bertz CT molecular complexity index is 386. The summed E-state index contributed by atoms with van der Waals surface area (Å²) in [5.74, 6) is 0.676. The monoisotopic (exact) mass is 249 g/mol. The zero-order valence-corrected chi connectivity index (χ0v) is 11.7. The topological polar surface area (TPSA) is 38.3 Å². The van der Waals surface area contributed by atoms with Gasteiger partial charge >= 0.3 is 5.97 Å². The molecule has 100 valence electrons. The van der Waals surface area contributed by atoms with Crippen LogP contribution in [0, 0.1) is 11.8 Å². The van der Waals surface area contributed by atoms with Crippen molar-refractivity contribution in [2.24, 2.45) is 11.8 Å². The summed E-state index contributed by atoms with van der Waals surface area (Å²) in [5, 5.41) is 3.30. The first kappa shape index (κ1) is 14.6. The van der Waals surface area contributed by atoms with E-state index in [9.17, 15) is 4.79 Å². The fourth-order valence-corrected chi connectivity index (χ4v) is 1.40. The van der Waals surface area contributed by atoms with Gasteiger partial charge in [0.25, 0.3) is 0 Å². The Morgan fingerprint density at radius 3 is 2.56 bits per heavy atom. The van der Waals surface area contributed by atoms with E-state index in [0.717, 1.165) is 12.2 Å². The van der Waals surface area contributed by atoms with Gasteiger partial charge in [0.05, 0.1) is 12.2 Å². The van der Waals surface area contributed by atoms with Gasteiger partial charge in [-0.15, -0.1) is 0 Å². The van der Waals surface area contributed by atoms with E-state index in [4.69, 9.17) is 4.74 Å². The Hall–Kier alpha value is -1.51. The number of ether oxygens (including phenoxy) is 1. The number of anilines is 1. The second kappa shape index (κ2) is 7.04. The molecule has 3 nitrogen and oxygen atoms in total. The maximum absolute atomic E-state index is 11.8. The molecule has 18 heavy (non-hydrogen) atoms. The molecule has 1 aromatic carbocycles. The molecule has 0 heterocycles. The Balaban J connectivity index is 2.60. The highest BCUT2D eigenvalue weighted by Crippen LogP contribution is 2.12. The molecule has 0 radical (unpaired) electrons. The largest absolute Gasteiger partial charge is 0.462 e. The normalized spacial score (nSPS) is 10.8. The Kier molecular flexibility index (Phi) is 5.69. The second-order valence-electron chi connectivity index (χ2n) is 5.35. The summed E-state index contributed by atoms with van der Waals surface area (Å²) >= 11 is 0. The van der Waals surface area contributed by atoms with Crippen molar-refractivity contribution in [1.82, 2.24) is 0 Å². The number of rotatable bonds is 6. The molecular formula is C15H23NO2. The van der Waals surface area contributed by atoms with E-state index in [1.807, 2.05) is 32.0 Å². The lowest BCUT2D eigenvalue weighted by Crippen LogP contribution is -2.11. The van der Waals surface area contributed by atoms with Gasteiger partial charge in [0.1, 0.15) is 0 Å². The molecule has 0 unspecified atom stereocenters. The zero-order valence-electron chi connectivity index (χ0n) is 11.7. The van der Waals surface area contributed by atoms with Crippen molar-refractivity contribution in [3.63, 3.8) is 0 Å². The standard InChI is InChI=1S/C15H23NO2/c1-11(2)9-16-14-7-5-6-13(8-14)15(17)18-10-12(3)4/h5-8,11-12,16H,9-10H2,1-4H3. The van der Waals surface area contributed by atoms with Crippen LogP contribution < -0.4 is 5.32 Å². The highest BCUT2D eigenvalue weighted by Gasteiger charge is 2.08. The first-order valence-corrected chi connectivity index (χ1v) is 6.50. The number of carbonyl (C=O) groups excluding carboxylic acids is 1. The van der Waals surface area contributed by atoms with Crippen molar-refractivity contribution in [2.75, 3.05) is 18.5 Å². The van der Waals surface area contributed by atoms with Gasteiger partial charge in [-0.3, -0.25) is 0 Å². The highest BCUT2D eigenvalue weighted by molar-refractivity contribution is 5.90. The molecule has 0 atom stereocenters. The SMILES string of the molecule is CC(C)CNc1cccc(C(=O)OCC(C)C)c1. The first-order chi connectivity index (χ1) is 8.49. The molecule has 0 fully saturated rings. The average molecular weight is 249 g/mol. The minimum atomic E-state index is -0.253. The summed E-state index contributed by atoms with van der Waals surface area (Å²) in [6, 6.07) is 7.45. The zero-order chi connectivity index (χ0) is 13.5.